The standard InChI is InChI=1S/C25H33F3N4O3S/c1-31-14-10-18(11-15-31)32(24(34)25(26,27)28)16-22(33)30-23-7-6-21(36-23)17-2-4-19(5-3-17)35-20-8-12-29-13-9-20/h2-7,18,20,22,29-30,33H,8-16H2,1H3. The molecular formula is C25H33F3N4O3S. The fourth-order valence-electron chi connectivity index (χ4n) is 4.64. The number of halogens is 3. The summed E-state index contributed by atoms with van der Waals surface area (Å²) in [4.78, 5) is 15.8. The molecule has 1 unspecified atom stereocenters. The third-order valence-corrected chi connectivity index (χ3v) is 7.71. The molecule has 2 aromatic rings. The highest BCUT2D eigenvalue weighted by Gasteiger charge is 2.45. The van der Waals surface area contributed by atoms with Crippen molar-refractivity contribution >= 4 is 22.2 Å². The molecule has 11 heteroatoms. The van der Waals surface area contributed by atoms with E-state index in [9.17, 15) is 23.1 Å². The van der Waals surface area contributed by atoms with Gasteiger partial charge in [-0.15, -0.1) is 11.3 Å². The average molecular weight is 527 g/mol. The van der Waals surface area contributed by atoms with E-state index >= 15 is 0 Å². The van der Waals surface area contributed by atoms with Crippen LogP contribution < -0.4 is 15.4 Å². The van der Waals surface area contributed by atoms with Crippen molar-refractivity contribution in [3.8, 4) is 16.2 Å². The summed E-state index contributed by atoms with van der Waals surface area (Å²) < 4.78 is 45.8. The Morgan fingerprint density at radius 3 is 2.47 bits per heavy atom. The summed E-state index contributed by atoms with van der Waals surface area (Å²) in [7, 11) is 1.89. The van der Waals surface area contributed by atoms with Crippen LogP contribution in [0, 0.1) is 0 Å². The van der Waals surface area contributed by atoms with Crippen LogP contribution in [0.1, 0.15) is 25.7 Å². The van der Waals surface area contributed by atoms with Gasteiger partial charge in [0, 0.05) is 10.9 Å². The first-order valence-electron chi connectivity index (χ1n) is 12.3. The molecular weight excluding hydrogens is 493 g/mol. The highest BCUT2D eigenvalue weighted by Crippen LogP contribution is 2.33. The van der Waals surface area contributed by atoms with E-state index in [1.54, 1.807) is 6.07 Å². The molecule has 0 radical (unpaired) electrons. The summed E-state index contributed by atoms with van der Waals surface area (Å²) in [6, 6.07) is 10.9. The fraction of sp³-hybridized carbons (Fsp3) is 0.560. The van der Waals surface area contributed by atoms with Gasteiger partial charge in [-0.1, -0.05) is 0 Å². The summed E-state index contributed by atoms with van der Waals surface area (Å²) in [6.45, 7) is 2.68. The van der Waals surface area contributed by atoms with Gasteiger partial charge in [0.2, 0.25) is 0 Å². The largest absolute Gasteiger partial charge is 0.490 e. The Balaban J connectivity index is 1.36. The molecule has 198 valence electrons. The maximum Gasteiger partial charge on any atom is 0.471 e. The highest BCUT2D eigenvalue weighted by atomic mass is 32.1. The van der Waals surface area contributed by atoms with Gasteiger partial charge in [-0.2, -0.15) is 13.2 Å². The van der Waals surface area contributed by atoms with Crippen LogP contribution in [-0.4, -0.2) is 85.1 Å². The lowest BCUT2D eigenvalue weighted by atomic mass is 10.0. The molecule has 1 aromatic carbocycles. The summed E-state index contributed by atoms with van der Waals surface area (Å²) in [5.41, 5.74) is 0.973. The van der Waals surface area contributed by atoms with Crippen LogP contribution in [-0.2, 0) is 4.79 Å². The molecule has 0 bridgehead atoms. The Kier molecular flexibility index (Phi) is 8.76. The normalized spacial score (nSPS) is 19.1. The number of benzene rings is 1. The average Bonchev–Trinajstić information content (AvgIpc) is 3.31. The van der Waals surface area contributed by atoms with Crippen LogP contribution in [0.2, 0.25) is 0 Å². The number of carbonyl (C=O) groups excluding carboxylic acids is 1. The van der Waals surface area contributed by atoms with E-state index in [1.807, 2.05) is 42.3 Å². The van der Waals surface area contributed by atoms with Gasteiger partial charge in [0.15, 0.2) is 0 Å². The number of aliphatic hydroxyl groups excluding tert-OH is 1. The SMILES string of the molecule is CN1CCC(N(CC(O)Nc2ccc(-c3ccc(OC4CCNCC4)cc3)s2)C(=O)C(F)(F)F)CC1. The molecule has 1 aromatic heterocycles. The van der Waals surface area contributed by atoms with E-state index in [2.05, 4.69) is 10.6 Å². The third-order valence-electron chi connectivity index (χ3n) is 6.64. The molecule has 0 saturated carbocycles. The van der Waals surface area contributed by atoms with Crippen LogP contribution >= 0.6 is 11.3 Å². The minimum absolute atomic E-state index is 0.217. The molecule has 2 fully saturated rings. The summed E-state index contributed by atoms with van der Waals surface area (Å²) >= 11 is 1.38. The van der Waals surface area contributed by atoms with Crippen LogP contribution in [0.4, 0.5) is 18.2 Å². The van der Waals surface area contributed by atoms with Crippen molar-refractivity contribution in [1.82, 2.24) is 15.1 Å². The molecule has 0 aliphatic carbocycles. The molecule has 2 aliphatic rings. The number of anilines is 1. The topological polar surface area (TPSA) is 77.1 Å². The predicted octanol–water partition coefficient (Wildman–Crippen LogP) is 3.76. The van der Waals surface area contributed by atoms with Crippen LogP contribution in [0.25, 0.3) is 10.4 Å². The molecule has 3 N–H and O–H groups in total. The molecule has 1 amide bonds. The zero-order chi connectivity index (χ0) is 25.7. The molecule has 7 nitrogen and oxygen atoms in total. The van der Waals surface area contributed by atoms with Gasteiger partial charge >= 0.3 is 12.1 Å². The van der Waals surface area contributed by atoms with Gasteiger partial charge in [-0.25, -0.2) is 0 Å². The zero-order valence-corrected chi connectivity index (χ0v) is 21.1. The number of nitrogens with one attached hydrogen (secondary N) is 2. The minimum atomic E-state index is -4.98. The number of hydrogen-bond acceptors (Lipinski definition) is 7. The molecule has 36 heavy (non-hydrogen) atoms. The van der Waals surface area contributed by atoms with E-state index < -0.39 is 30.9 Å². The number of piperidine rings is 2. The molecule has 4 rings (SSSR count). The Morgan fingerprint density at radius 2 is 1.83 bits per heavy atom. The third kappa shape index (κ3) is 7.12. The van der Waals surface area contributed by atoms with Gasteiger partial charge in [0.25, 0.3) is 0 Å². The zero-order valence-electron chi connectivity index (χ0n) is 20.3. The Hall–Kier alpha value is -2.34. The Morgan fingerprint density at radius 1 is 1.17 bits per heavy atom. The van der Waals surface area contributed by atoms with Crippen molar-refractivity contribution in [3.05, 3.63) is 36.4 Å². The number of rotatable bonds is 8. The highest BCUT2D eigenvalue weighted by molar-refractivity contribution is 7.19. The molecule has 2 saturated heterocycles. The van der Waals surface area contributed by atoms with Crippen LogP contribution in [0.15, 0.2) is 36.4 Å². The predicted molar refractivity (Wildman–Crippen MR) is 134 cm³/mol. The van der Waals surface area contributed by atoms with Crippen LogP contribution in [0.3, 0.4) is 0 Å². The summed E-state index contributed by atoms with van der Waals surface area (Å²) in [5, 5.41) is 17.3. The molecule has 1 atom stereocenters. The second-order valence-corrected chi connectivity index (χ2v) is 10.5. The second kappa shape index (κ2) is 11.8. The van der Waals surface area contributed by atoms with Gasteiger partial charge in [-0.05, 0) is 101 Å². The Bertz CT molecular complexity index is 987. The molecule has 3 heterocycles. The van der Waals surface area contributed by atoms with E-state index in [0.29, 0.717) is 30.9 Å². The Labute approximate surface area is 213 Å². The van der Waals surface area contributed by atoms with Gasteiger partial charge < -0.3 is 30.3 Å². The molecule has 2 aliphatic heterocycles. The number of hydrogen-bond donors (Lipinski definition) is 3. The lowest BCUT2D eigenvalue weighted by Gasteiger charge is -2.38. The summed E-state index contributed by atoms with van der Waals surface area (Å²) in [6.07, 6.45) is -3.26. The number of aliphatic hydroxyl groups is 1. The minimum Gasteiger partial charge on any atom is -0.490 e. The quantitative estimate of drug-likeness (QED) is 0.455. The maximum atomic E-state index is 13.2. The van der Waals surface area contributed by atoms with Crippen molar-refractivity contribution in [2.24, 2.45) is 0 Å². The van der Waals surface area contributed by atoms with E-state index in [1.165, 1.54) is 11.3 Å². The van der Waals surface area contributed by atoms with Crippen molar-refractivity contribution in [3.63, 3.8) is 0 Å². The van der Waals surface area contributed by atoms with E-state index in [0.717, 1.165) is 47.0 Å². The summed E-state index contributed by atoms with van der Waals surface area (Å²) in [5.74, 6) is -1.09. The monoisotopic (exact) mass is 526 g/mol. The van der Waals surface area contributed by atoms with Crippen molar-refractivity contribution in [1.29, 1.82) is 0 Å². The first kappa shape index (κ1) is 26.7. The van der Waals surface area contributed by atoms with Gasteiger partial charge in [-0.3, -0.25) is 4.79 Å². The smallest absolute Gasteiger partial charge is 0.471 e. The van der Waals surface area contributed by atoms with Crippen molar-refractivity contribution in [2.45, 2.75) is 50.2 Å². The maximum absolute atomic E-state index is 13.2. The number of amides is 1. The van der Waals surface area contributed by atoms with Crippen molar-refractivity contribution in [2.75, 3.05) is 45.1 Å². The lowest BCUT2D eigenvalue weighted by molar-refractivity contribution is -0.189. The van der Waals surface area contributed by atoms with Crippen LogP contribution in [0.5, 0.6) is 5.75 Å². The molecule has 0 spiro atoms. The second-order valence-electron chi connectivity index (χ2n) is 9.41. The first-order valence-corrected chi connectivity index (χ1v) is 13.1. The van der Waals surface area contributed by atoms with E-state index in [4.69, 9.17) is 4.74 Å². The fourth-order valence-corrected chi connectivity index (χ4v) is 5.60. The number of alkyl halides is 3. The number of thiophene rings is 1. The lowest BCUT2D eigenvalue weighted by Crippen LogP contribution is -2.54. The number of ether oxygens (including phenoxy) is 1. The van der Waals surface area contributed by atoms with Gasteiger partial charge in [0.1, 0.15) is 18.1 Å². The van der Waals surface area contributed by atoms with Gasteiger partial charge in [0.05, 0.1) is 11.5 Å². The van der Waals surface area contributed by atoms with E-state index in [-0.39, 0.29) is 6.10 Å². The first-order chi connectivity index (χ1) is 17.2. The number of carbonyl (C=O) groups is 1. The van der Waals surface area contributed by atoms with Crippen molar-refractivity contribution < 1.29 is 27.8 Å². The number of likely N-dealkylation sites (tertiary alicyclic amines) is 1. The number of nitrogens with zero attached hydrogens (tertiary/aromatic N) is 2.